The molecule has 1 fully saturated rings. The van der Waals surface area contributed by atoms with Crippen molar-refractivity contribution >= 4 is 5.91 Å². The Bertz CT molecular complexity index is 631. The van der Waals surface area contributed by atoms with Gasteiger partial charge in [-0.25, -0.2) is 0 Å². The Balaban J connectivity index is 1.56. The Hall–Kier alpha value is -2.11. The van der Waals surface area contributed by atoms with Crippen molar-refractivity contribution in [3.05, 3.63) is 35.4 Å². The number of likely N-dealkylation sites (tertiary alicyclic amines) is 1. The van der Waals surface area contributed by atoms with E-state index in [1.807, 2.05) is 35.8 Å². The molecule has 3 heterocycles. The molecular weight excluding hydrogens is 278 g/mol. The summed E-state index contributed by atoms with van der Waals surface area (Å²) in [5.74, 6) is 0.632. The fourth-order valence-corrected chi connectivity index (χ4v) is 3.25. The molecule has 1 atom stereocenters. The lowest BCUT2D eigenvalue weighted by molar-refractivity contribution is -0.132. The van der Waals surface area contributed by atoms with Crippen molar-refractivity contribution in [3.63, 3.8) is 0 Å². The van der Waals surface area contributed by atoms with Gasteiger partial charge in [-0.15, -0.1) is 0 Å². The normalized spacial score (nSPS) is 18.6. The summed E-state index contributed by atoms with van der Waals surface area (Å²) in [5.41, 5.74) is 3.32. The van der Waals surface area contributed by atoms with Crippen molar-refractivity contribution in [1.82, 2.24) is 24.9 Å². The predicted octanol–water partition coefficient (Wildman–Crippen LogP) is 1.79. The lowest BCUT2D eigenvalue weighted by Crippen LogP contribution is -2.39. The first-order chi connectivity index (χ1) is 10.6. The average Bonchev–Trinajstić information content (AvgIpc) is 3.15. The van der Waals surface area contributed by atoms with E-state index in [1.165, 1.54) is 0 Å². The van der Waals surface area contributed by atoms with E-state index < -0.39 is 0 Å². The molecule has 0 aliphatic carbocycles. The highest BCUT2D eigenvalue weighted by Gasteiger charge is 2.25. The summed E-state index contributed by atoms with van der Waals surface area (Å²) in [6.45, 7) is 3.66. The van der Waals surface area contributed by atoms with Gasteiger partial charge < -0.3 is 4.90 Å². The van der Waals surface area contributed by atoms with Gasteiger partial charge in [-0.3, -0.25) is 14.6 Å². The Morgan fingerprint density at radius 1 is 1.50 bits per heavy atom. The van der Waals surface area contributed by atoms with Crippen molar-refractivity contribution in [2.75, 3.05) is 13.1 Å². The molecule has 6 heteroatoms. The van der Waals surface area contributed by atoms with Crippen LogP contribution in [0, 0.1) is 6.92 Å². The van der Waals surface area contributed by atoms with E-state index in [0.717, 1.165) is 49.3 Å². The molecular formula is C16H23N5O. The number of aromatic nitrogens is 4. The molecule has 2 aromatic heterocycles. The van der Waals surface area contributed by atoms with Gasteiger partial charge in [0.05, 0.1) is 5.69 Å². The maximum Gasteiger partial charge on any atom is 0.222 e. The van der Waals surface area contributed by atoms with Gasteiger partial charge in [-0.05, 0) is 37.8 Å². The lowest BCUT2D eigenvalue weighted by Gasteiger charge is -2.32. The molecule has 0 spiro atoms. The zero-order valence-electron chi connectivity index (χ0n) is 13.2. The fraction of sp³-hybridized carbons (Fsp3) is 0.562. The van der Waals surface area contributed by atoms with Crippen LogP contribution in [-0.2, 0) is 18.3 Å². The number of carbonyl (C=O) groups excluding carboxylic acids is 1. The summed E-state index contributed by atoms with van der Waals surface area (Å²) in [6.07, 6.45) is 7.29. The number of piperidine rings is 1. The molecule has 1 N–H and O–H groups in total. The van der Waals surface area contributed by atoms with Gasteiger partial charge in [0.2, 0.25) is 5.91 Å². The van der Waals surface area contributed by atoms with Gasteiger partial charge in [0.25, 0.3) is 0 Å². The number of rotatable bonds is 4. The molecule has 6 nitrogen and oxygen atoms in total. The Morgan fingerprint density at radius 3 is 3.05 bits per heavy atom. The molecule has 118 valence electrons. The average molecular weight is 301 g/mol. The van der Waals surface area contributed by atoms with Crippen LogP contribution in [0.4, 0.5) is 0 Å². The lowest BCUT2D eigenvalue weighted by atomic mass is 9.94. The first kappa shape index (κ1) is 14.8. The number of amides is 1. The topological polar surface area (TPSA) is 66.8 Å². The van der Waals surface area contributed by atoms with Crippen LogP contribution >= 0.6 is 0 Å². The second-order valence-corrected chi connectivity index (χ2v) is 6.10. The maximum atomic E-state index is 12.5. The standard InChI is InChI=1S/C16H23N5O/c1-12-13(10-20(2)19-12)5-6-16(22)21-9-3-4-14(11-21)15-7-8-17-18-15/h7-8,10,14H,3-6,9,11H2,1-2H3,(H,17,18). The Morgan fingerprint density at radius 2 is 2.36 bits per heavy atom. The van der Waals surface area contributed by atoms with Crippen LogP contribution in [0.15, 0.2) is 18.5 Å². The van der Waals surface area contributed by atoms with Gasteiger partial charge in [0, 0.05) is 50.6 Å². The van der Waals surface area contributed by atoms with Crippen LogP contribution < -0.4 is 0 Å². The van der Waals surface area contributed by atoms with Crippen molar-refractivity contribution in [2.24, 2.45) is 7.05 Å². The van der Waals surface area contributed by atoms with Crippen molar-refractivity contribution < 1.29 is 4.79 Å². The number of hydrogen-bond acceptors (Lipinski definition) is 3. The maximum absolute atomic E-state index is 12.5. The number of nitrogens with one attached hydrogen (secondary N) is 1. The van der Waals surface area contributed by atoms with E-state index >= 15 is 0 Å². The molecule has 1 unspecified atom stereocenters. The molecule has 0 bridgehead atoms. The smallest absolute Gasteiger partial charge is 0.222 e. The summed E-state index contributed by atoms with van der Waals surface area (Å²) >= 11 is 0. The third-order valence-corrected chi connectivity index (χ3v) is 4.46. The van der Waals surface area contributed by atoms with Crippen LogP contribution in [0.3, 0.4) is 0 Å². The van der Waals surface area contributed by atoms with Crippen molar-refractivity contribution in [3.8, 4) is 0 Å². The van der Waals surface area contributed by atoms with Crippen LogP contribution in [0.1, 0.15) is 42.1 Å². The Labute approximate surface area is 130 Å². The number of hydrogen-bond donors (Lipinski definition) is 1. The van der Waals surface area contributed by atoms with Gasteiger partial charge in [-0.2, -0.15) is 10.2 Å². The fourth-order valence-electron chi connectivity index (χ4n) is 3.25. The highest BCUT2D eigenvalue weighted by molar-refractivity contribution is 5.76. The van der Waals surface area contributed by atoms with Crippen LogP contribution in [0.5, 0.6) is 0 Å². The molecule has 2 aromatic rings. The van der Waals surface area contributed by atoms with Gasteiger partial charge >= 0.3 is 0 Å². The molecule has 0 radical (unpaired) electrons. The summed E-state index contributed by atoms with van der Waals surface area (Å²) < 4.78 is 1.81. The van der Waals surface area contributed by atoms with E-state index in [1.54, 1.807) is 6.20 Å². The van der Waals surface area contributed by atoms with Crippen LogP contribution in [-0.4, -0.2) is 43.9 Å². The summed E-state index contributed by atoms with van der Waals surface area (Å²) in [7, 11) is 1.91. The molecule has 1 aliphatic heterocycles. The molecule has 1 aliphatic rings. The summed E-state index contributed by atoms with van der Waals surface area (Å²) in [5, 5.41) is 11.4. The number of carbonyl (C=O) groups is 1. The van der Waals surface area contributed by atoms with Gasteiger partial charge in [0.1, 0.15) is 0 Å². The minimum atomic E-state index is 0.243. The number of aryl methyl sites for hydroxylation is 3. The second kappa shape index (κ2) is 6.34. The molecule has 22 heavy (non-hydrogen) atoms. The van der Waals surface area contributed by atoms with E-state index in [-0.39, 0.29) is 5.91 Å². The monoisotopic (exact) mass is 301 g/mol. The third kappa shape index (κ3) is 3.21. The molecule has 0 aromatic carbocycles. The number of aromatic amines is 1. The van der Waals surface area contributed by atoms with E-state index in [2.05, 4.69) is 15.3 Å². The molecule has 1 saturated heterocycles. The van der Waals surface area contributed by atoms with Gasteiger partial charge in [-0.1, -0.05) is 0 Å². The molecule has 0 saturated carbocycles. The van der Waals surface area contributed by atoms with Crippen LogP contribution in [0.2, 0.25) is 0 Å². The minimum Gasteiger partial charge on any atom is -0.342 e. The molecule has 1 amide bonds. The minimum absolute atomic E-state index is 0.243. The quantitative estimate of drug-likeness (QED) is 0.936. The zero-order valence-corrected chi connectivity index (χ0v) is 13.2. The SMILES string of the molecule is Cc1nn(C)cc1CCC(=O)N1CCCC(c2ccn[nH]2)C1. The highest BCUT2D eigenvalue weighted by Crippen LogP contribution is 2.25. The Kier molecular flexibility index (Phi) is 4.27. The predicted molar refractivity (Wildman–Crippen MR) is 83.4 cm³/mol. The number of nitrogens with zero attached hydrogens (tertiary/aromatic N) is 4. The number of H-pyrrole nitrogens is 1. The zero-order chi connectivity index (χ0) is 15.5. The first-order valence-electron chi connectivity index (χ1n) is 7.89. The van der Waals surface area contributed by atoms with Crippen molar-refractivity contribution in [2.45, 2.75) is 38.5 Å². The van der Waals surface area contributed by atoms with Gasteiger partial charge in [0.15, 0.2) is 0 Å². The largest absolute Gasteiger partial charge is 0.342 e. The highest BCUT2D eigenvalue weighted by atomic mass is 16.2. The molecule has 3 rings (SSSR count). The summed E-state index contributed by atoms with van der Waals surface area (Å²) in [6, 6.07) is 2.01. The first-order valence-corrected chi connectivity index (χ1v) is 7.89. The van der Waals surface area contributed by atoms with Crippen LogP contribution in [0.25, 0.3) is 0 Å². The van der Waals surface area contributed by atoms with E-state index in [9.17, 15) is 4.79 Å². The third-order valence-electron chi connectivity index (χ3n) is 4.46. The van der Waals surface area contributed by atoms with E-state index in [4.69, 9.17) is 0 Å². The summed E-state index contributed by atoms with van der Waals surface area (Å²) in [4.78, 5) is 14.5. The second-order valence-electron chi connectivity index (χ2n) is 6.10. The van der Waals surface area contributed by atoms with E-state index in [0.29, 0.717) is 12.3 Å². The van der Waals surface area contributed by atoms with Crippen molar-refractivity contribution in [1.29, 1.82) is 0 Å².